The Hall–Kier alpha value is 0.290. The monoisotopic (exact) mass is 172 g/mol. The highest BCUT2D eigenvalue weighted by Crippen LogP contribution is 2.56. The van der Waals surface area contributed by atoms with E-state index >= 15 is 0 Å². The molecular weight excluding hydrogens is 156 g/mol. The van der Waals surface area contributed by atoms with Gasteiger partial charge in [0.2, 0.25) is 0 Å². The molecule has 2 fully saturated rings. The normalized spacial score (nSPS) is 35.7. The lowest BCUT2D eigenvalue weighted by Crippen LogP contribution is -1.86. The van der Waals surface area contributed by atoms with Crippen LogP contribution in [-0.2, 0) is 0 Å². The van der Waals surface area contributed by atoms with E-state index in [9.17, 15) is 0 Å². The van der Waals surface area contributed by atoms with Crippen LogP contribution in [0, 0.1) is 17.8 Å². The fourth-order valence-corrected chi connectivity index (χ4v) is 2.39. The van der Waals surface area contributed by atoms with Gasteiger partial charge in [0.15, 0.2) is 0 Å². The second-order valence-corrected chi connectivity index (χ2v) is 4.56. The number of hydrogen-bond donors (Lipinski definition) is 0. The Kier molecular flexibility index (Phi) is 2.41. The molecule has 0 radical (unpaired) electrons. The molecule has 2 rings (SSSR count). The summed E-state index contributed by atoms with van der Waals surface area (Å²) in [5.41, 5.74) is 0. The summed E-state index contributed by atoms with van der Waals surface area (Å²) in [6.45, 7) is 0. The third-order valence-electron chi connectivity index (χ3n) is 3.16. The summed E-state index contributed by atoms with van der Waals surface area (Å²) >= 11 is 5.62. The fourth-order valence-electron chi connectivity index (χ4n) is 2.21. The summed E-state index contributed by atoms with van der Waals surface area (Å²) in [4.78, 5) is 0. The van der Waals surface area contributed by atoms with Gasteiger partial charge in [-0.3, -0.25) is 0 Å². The topological polar surface area (TPSA) is 0 Å². The minimum absolute atomic E-state index is 0.862. The molecule has 0 aromatic rings. The van der Waals surface area contributed by atoms with Gasteiger partial charge in [-0.15, -0.1) is 11.6 Å². The fraction of sp³-hybridized carbons (Fsp3) is 1.00. The van der Waals surface area contributed by atoms with Gasteiger partial charge in [-0.2, -0.15) is 0 Å². The Bertz CT molecular complexity index is 129. The molecule has 0 bridgehead atoms. The van der Waals surface area contributed by atoms with Crippen molar-refractivity contribution in [1.29, 1.82) is 0 Å². The third-order valence-corrected chi connectivity index (χ3v) is 3.43. The minimum atomic E-state index is 0.862. The first-order valence-electron chi connectivity index (χ1n) is 4.98. The second kappa shape index (κ2) is 3.35. The molecule has 0 N–H and O–H groups in total. The largest absolute Gasteiger partial charge is 0.127 e. The maximum atomic E-state index is 5.62. The van der Waals surface area contributed by atoms with Crippen molar-refractivity contribution in [3.8, 4) is 0 Å². The average molecular weight is 173 g/mol. The van der Waals surface area contributed by atoms with Crippen molar-refractivity contribution in [3.05, 3.63) is 0 Å². The van der Waals surface area contributed by atoms with Crippen LogP contribution in [0.5, 0.6) is 0 Å². The molecule has 2 aliphatic rings. The molecule has 0 heterocycles. The zero-order valence-corrected chi connectivity index (χ0v) is 7.82. The van der Waals surface area contributed by atoms with Crippen LogP contribution in [0.3, 0.4) is 0 Å². The van der Waals surface area contributed by atoms with Crippen molar-refractivity contribution in [2.24, 2.45) is 17.8 Å². The van der Waals surface area contributed by atoms with E-state index in [0.29, 0.717) is 0 Å². The highest BCUT2D eigenvalue weighted by Gasteiger charge is 2.46. The molecule has 0 aliphatic heterocycles. The highest BCUT2D eigenvalue weighted by atomic mass is 35.5. The Balaban J connectivity index is 1.53. The van der Waals surface area contributed by atoms with Crippen molar-refractivity contribution >= 4 is 11.6 Å². The van der Waals surface area contributed by atoms with E-state index in [1.54, 1.807) is 6.42 Å². The lowest BCUT2D eigenvalue weighted by atomic mass is 10.1. The molecule has 2 saturated carbocycles. The first-order valence-corrected chi connectivity index (χ1v) is 5.51. The third kappa shape index (κ3) is 2.11. The van der Waals surface area contributed by atoms with Gasteiger partial charge in [-0.25, -0.2) is 0 Å². The lowest BCUT2D eigenvalue weighted by molar-refractivity contribution is 0.568. The second-order valence-electron chi connectivity index (χ2n) is 4.18. The van der Waals surface area contributed by atoms with Gasteiger partial charge in [0.25, 0.3) is 0 Å². The molecule has 0 spiro atoms. The summed E-state index contributed by atoms with van der Waals surface area (Å²) in [5, 5.41) is 0. The molecular formula is C10H17Cl. The number of hydrogen-bond acceptors (Lipinski definition) is 0. The van der Waals surface area contributed by atoms with Crippen molar-refractivity contribution in [2.45, 2.75) is 38.5 Å². The Labute approximate surface area is 74.3 Å². The average Bonchev–Trinajstić information content (AvgIpc) is 2.83. The summed E-state index contributed by atoms with van der Waals surface area (Å²) < 4.78 is 0. The molecule has 2 atom stereocenters. The summed E-state index contributed by atoms with van der Waals surface area (Å²) in [5.74, 6) is 4.30. The minimum Gasteiger partial charge on any atom is -0.127 e. The molecule has 64 valence electrons. The van der Waals surface area contributed by atoms with Crippen molar-refractivity contribution < 1.29 is 0 Å². The van der Waals surface area contributed by atoms with Gasteiger partial charge in [0.05, 0.1) is 0 Å². The zero-order valence-electron chi connectivity index (χ0n) is 7.06. The maximum Gasteiger partial charge on any atom is 0.0223 e. The van der Waals surface area contributed by atoms with Gasteiger partial charge in [-0.1, -0.05) is 12.8 Å². The standard InChI is InChI=1S/C10H17Cl/c11-6-2-1-3-9-7-10(9)8-4-5-8/h8-10H,1-7H2. The SMILES string of the molecule is ClCCCCC1CC1C1CC1. The van der Waals surface area contributed by atoms with E-state index in [4.69, 9.17) is 11.6 Å². The van der Waals surface area contributed by atoms with E-state index in [2.05, 4.69) is 0 Å². The summed E-state index contributed by atoms with van der Waals surface area (Å²) in [6.07, 6.45) is 8.70. The Morgan fingerprint density at radius 1 is 1.18 bits per heavy atom. The van der Waals surface area contributed by atoms with E-state index in [1.165, 1.54) is 32.1 Å². The van der Waals surface area contributed by atoms with E-state index in [1.807, 2.05) is 0 Å². The quantitative estimate of drug-likeness (QED) is 0.440. The van der Waals surface area contributed by atoms with Crippen LogP contribution in [0.2, 0.25) is 0 Å². The summed E-state index contributed by atoms with van der Waals surface area (Å²) in [7, 11) is 0. The highest BCUT2D eigenvalue weighted by molar-refractivity contribution is 6.17. The molecule has 0 saturated heterocycles. The van der Waals surface area contributed by atoms with Crippen LogP contribution in [-0.4, -0.2) is 5.88 Å². The van der Waals surface area contributed by atoms with Crippen LogP contribution in [0.1, 0.15) is 38.5 Å². The van der Waals surface area contributed by atoms with Crippen molar-refractivity contribution in [3.63, 3.8) is 0 Å². The van der Waals surface area contributed by atoms with Crippen LogP contribution >= 0.6 is 11.6 Å². The molecule has 11 heavy (non-hydrogen) atoms. The molecule has 0 amide bonds. The lowest BCUT2D eigenvalue weighted by Gasteiger charge is -1.96. The molecule has 0 nitrogen and oxygen atoms in total. The molecule has 2 aliphatic carbocycles. The van der Waals surface area contributed by atoms with E-state index in [-0.39, 0.29) is 0 Å². The predicted octanol–water partition coefficient (Wildman–Crippen LogP) is 3.44. The number of halogens is 1. The van der Waals surface area contributed by atoms with Crippen molar-refractivity contribution in [2.75, 3.05) is 5.88 Å². The van der Waals surface area contributed by atoms with Crippen LogP contribution in [0.25, 0.3) is 0 Å². The van der Waals surface area contributed by atoms with Gasteiger partial charge < -0.3 is 0 Å². The van der Waals surface area contributed by atoms with Crippen LogP contribution < -0.4 is 0 Å². The molecule has 2 unspecified atom stereocenters. The van der Waals surface area contributed by atoms with Gasteiger partial charge in [0.1, 0.15) is 0 Å². The van der Waals surface area contributed by atoms with Gasteiger partial charge in [0, 0.05) is 5.88 Å². The zero-order chi connectivity index (χ0) is 7.68. The summed E-state index contributed by atoms with van der Waals surface area (Å²) in [6, 6.07) is 0. The van der Waals surface area contributed by atoms with Crippen LogP contribution in [0.15, 0.2) is 0 Å². The molecule has 0 aromatic carbocycles. The van der Waals surface area contributed by atoms with Gasteiger partial charge in [-0.05, 0) is 43.4 Å². The van der Waals surface area contributed by atoms with E-state index in [0.717, 1.165) is 23.6 Å². The number of unbranched alkanes of at least 4 members (excludes halogenated alkanes) is 1. The Morgan fingerprint density at radius 3 is 2.64 bits per heavy atom. The molecule has 0 aromatic heterocycles. The molecule has 1 heteroatoms. The number of rotatable bonds is 5. The smallest absolute Gasteiger partial charge is 0.0223 e. The van der Waals surface area contributed by atoms with Crippen LogP contribution in [0.4, 0.5) is 0 Å². The maximum absolute atomic E-state index is 5.62. The Morgan fingerprint density at radius 2 is 2.00 bits per heavy atom. The first kappa shape index (κ1) is 7.91. The van der Waals surface area contributed by atoms with Crippen molar-refractivity contribution in [1.82, 2.24) is 0 Å². The van der Waals surface area contributed by atoms with E-state index < -0.39 is 0 Å². The predicted molar refractivity (Wildman–Crippen MR) is 48.9 cm³/mol. The first-order chi connectivity index (χ1) is 5.42. The number of alkyl halides is 1. The van der Waals surface area contributed by atoms with Gasteiger partial charge >= 0.3 is 0 Å².